The highest BCUT2D eigenvalue weighted by Gasteiger charge is 2.29. The topological polar surface area (TPSA) is 71.0 Å². The number of hydrogen-bond donors (Lipinski definition) is 1. The highest BCUT2D eigenvalue weighted by molar-refractivity contribution is 7.14. The van der Waals surface area contributed by atoms with Gasteiger partial charge in [-0.2, -0.15) is 0 Å². The molecule has 3 heterocycles. The van der Waals surface area contributed by atoms with E-state index in [1.807, 2.05) is 42.3 Å². The van der Waals surface area contributed by atoms with E-state index in [9.17, 15) is 4.79 Å². The summed E-state index contributed by atoms with van der Waals surface area (Å²) in [6, 6.07) is 8.32. The molecule has 3 aromatic rings. The number of fused-ring (bicyclic) bond motifs is 1. The van der Waals surface area contributed by atoms with Gasteiger partial charge in [0.1, 0.15) is 0 Å². The van der Waals surface area contributed by atoms with Crippen molar-refractivity contribution in [2.24, 2.45) is 0 Å². The average molecular weight is 379 g/mol. The van der Waals surface area contributed by atoms with Crippen molar-refractivity contribution in [3.05, 3.63) is 46.6 Å². The summed E-state index contributed by atoms with van der Waals surface area (Å²) in [6.45, 7) is 7.59. The lowest BCUT2D eigenvalue weighted by atomic mass is 10.1. The number of benzene rings is 1. The molecule has 1 amide bonds. The third-order valence-corrected chi connectivity index (χ3v) is 5.39. The number of rotatable bonds is 3. The Bertz CT molecular complexity index is 1010. The van der Waals surface area contributed by atoms with Crippen LogP contribution in [-0.2, 0) is 11.2 Å². The number of thiazole rings is 1. The van der Waals surface area contributed by atoms with E-state index in [2.05, 4.69) is 33.3 Å². The third-order valence-electron chi connectivity index (χ3n) is 4.64. The average Bonchev–Trinajstić information content (AvgIpc) is 3.16. The van der Waals surface area contributed by atoms with Crippen LogP contribution in [0.25, 0.3) is 11.3 Å². The Morgan fingerprint density at radius 1 is 1.19 bits per heavy atom. The fraction of sp³-hybridized carbons (Fsp3) is 0.300. The Kier molecular flexibility index (Phi) is 4.39. The monoisotopic (exact) mass is 379 g/mol. The Labute approximate surface area is 162 Å². The van der Waals surface area contributed by atoms with Crippen molar-refractivity contribution in [2.75, 3.05) is 10.2 Å². The fourth-order valence-electron chi connectivity index (χ4n) is 3.61. The van der Waals surface area contributed by atoms with E-state index < -0.39 is 0 Å². The van der Waals surface area contributed by atoms with Gasteiger partial charge in [-0.15, -0.1) is 11.3 Å². The maximum atomic E-state index is 11.9. The number of nitrogens with zero attached hydrogens (tertiary/aromatic N) is 4. The molecular formula is C20H21N5OS. The summed E-state index contributed by atoms with van der Waals surface area (Å²) in [5.41, 5.74) is 6.00. The second kappa shape index (κ2) is 6.74. The zero-order valence-corrected chi connectivity index (χ0v) is 16.6. The van der Waals surface area contributed by atoms with Crippen LogP contribution < -0.4 is 10.2 Å². The van der Waals surface area contributed by atoms with Gasteiger partial charge in [0.15, 0.2) is 5.13 Å². The van der Waals surface area contributed by atoms with Crippen LogP contribution in [0.2, 0.25) is 0 Å². The first kappa shape index (κ1) is 17.6. The zero-order valence-electron chi connectivity index (χ0n) is 15.8. The summed E-state index contributed by atoms with van der Waals surface area (Å²) in [6.07, 6.45) is 0.869. The van der Waals surface area contributed by atoms with Crippen molar-refractivity contribution in [3.8, 4) is 11.3 Å². The molecule has 7 heteroatoms. The van der Waals surface area contributed by atoms with Crippen molar-refractivity contribution in [3.63, 3.8) is 0 Å². The first-order valence-electron chi connectivity index (χ1n) is 8.88. The smallest absolute Gasteiger partial charge is 0.229 e. The Balaban J connectivity index is 1.59. The van der Waals surface area contributed by atoms with Crippen LogP contribution in [0.4, 0.5) is 16.8 Å². The SMILES string of the molecule is CC(=O)N1c2ccc(-c3csc(Nc4nc(C)cc(C)n4)n3)cc2CC1C. The quantitative estimate of drug-likeness (QED) is 0.736. The molecule has 1 aliphatic heterocycles. The van der Waals surface area contributed by atoms with Crippen LogP contribution in [0.3, 0.4) is 0 Å². The number of hydrogen-bond acceptors (Lipinski definition) is 6. The number of carbonyl (C=O) groups excluding carboxylic acids is 1. The Morgan fingerprint density at radius 2 is 1.93 bits per heavy atom. The third kappa shape index (κ3) is 3.42. The summed E-state index contributed by atoms with van der Waals surface area (Å²) >= 11 is 1.52. The summed E-state index contributed by atoms with van der Waals surface area (Å²) in [7, 11) is 0. The number of anilines is 3. The molecule has 1 unspecified atom stereocenters. The minimum atomic E-state index is 0.0857. The lowest BCUT2D eigenvalue weighted by molar-refractivity contribution is -0.116. The predicted molar refractivity (Wildman–Crippen MR) is 109 cm³/mol. The molecule has 0 spiro atoms. The maximum Gasteiger partial charge on any atom is 0.229 e. The lowest BCUT2D eigenvalue weighted by Crippen LogP contribution is -2.33. The van der Waals surface area contributed by atoms with Gasteiger partial charge >= 0.3 is 0 Å². The van der Waals surface area contributed by atoms with Crippen LogP contribution in [0, 0.1) is 13.8 Å². The van der Waals surface area contributed by atoms with E-state index >= 15 is 0 Å². The van der Waals surface area contributed by atoms with Crippen molar-refractivity contribution in [1.29, 1.82) is 0 Å². The minimum absolute atomic E-state index is 0.0857. The molecule has 1 aliphatic rings. The number of nitrogens with one attached hydrogen (secondary N) is 1. The molecular weight excluding hydrogens is 358 g/mol. The number of amides is 1. The lowest BCUT2D eigenvalue weighted by Gasteiger charge is -2.20. The molecule has 27 heavy (non-hydrogen) atoms. The second-order valence-electron chi connectivity index (χ2n) is 6.92. The van der Waals surface area contributed by atoms with Crippen molar-refractivity contribution >= 4 is 34.0 Å². The van der Waals surface area contributed by atoms with E-state index in [0.29, 0.717) is 5.95 Å². The molecule has 6 nitrogen and oxygen atoms in total. The Morgan fingerprint density at radius 3 is 2.63 bits per heavy atom. The highest BCUT2D eigenvalue weighted by atomic mass is 32.1. The van der Waals surface area contributed by atoms with E-state index in [4.69, 9.17) is 0 Å². The number of aromatic nitrogens is 3. The van der Waals surface area contributed by atoms with Crippen LogP contribution in [0.1, 0.15) is 30.8 Å². The fourth-order valence-corrected chi connectivity index (χ4v) is 4.32. The van der Waals surface area contributed by atoms with Gasteiger partial charge in [0, 0.05) is 41.0 Å². The number of carbonyl (C=O) groups is 1. The summed E-state index contributed by atoms with van der Waals surface area (Å²) < 4.78 is 0. The Hall–Kier alpha value is -2.80. The van der Waals surface area contributed by atoms with Gasteiger partial charge < -0.3 is 10.2 Å². The first-order chi connectivity index (χ1) is 12.9. The number of aryl methyl sites for hydroxylation is 2. The molecule has 1 aromatic carbocycles. The van der Waals surface area contributed by atoms with Gasteiger partial charge in [0.2, 0.25) is 11.9 Å². The van der Waals surface area contributed by atoms with Crippen LogP contribution >= 0.6 is 11.3 Å². The van der Waals surface area contributed by atoms with Gasteiger partial charge in [-0.3, -0.25) is 4.79 Å². The predicted octanol–water partition coefficient (Wildman–Crippen LogP) is 4.26. The van der Waals surface area contributed by atoms with Crippen molar-refractivity contribution in [1.82, 2.24) is 15.0 Å². The van der Waals surface area contributed by atoms with Gasteiger partial charge in [0.05, 0.1) is 5.69 Å². The maximum absolute atomic E-state index is 11.9. The molecule has 0 aliphatic carbocycles. The zero-order chi connectivity index (χ0) is 19.1. The molecule has 0 saturated heterocycles. The van der Waals surface area contributed by atoms with Crippen LogP contribution in [-0.4, -0.2) is 26.9 Å². The minimum Gasteiger partial charge on any atom is -0.309 e. The van der Waals surface area contributed by atoms with Crippen molar-refractivity contribution < 1.29 is 4.79 Å². The molecule has 138 valence electrons. The molecule has 1 N–H and O–H groups in total. The summed E-state index contributed by atoms with van der Waals surface area (Å²) in [5.74, 6) is 0.649. The van der Waals surface area contributed by atoms with E-state index in [-0.39, 0.29) is 11.9 Å². The van der Waals surface area contributed by atoms with E-state index in [1.54, 1.807) is 6.92 Å². The van der Waals surface area contributed by atoms with Crippen LogP contribution in [0.5, 0.6) is 0 Å². The summed E-state index contributed by atoms with van der Waals surface area (Å²) in [4.78, 5) is 27.2. The van der Waals surface area contributed by atoms with E-state index in [1.165, 1.54) is 16.9 Å². The van der Waals surface area contributed by atoms with Crippen LogP contribution in [0.15, 0.2) is 29.6 Å². The molecule has 1 atom stereocenters. The molecule has 2 aromatic heterocycles. The molecule has 0 fully saturated rings. The molecule has 0 bridgehead atoms. The standard InChI is InChI=1S/C20H21N5OS/c1-11-7-12(2)22-19(21-11)24-20-23-17(10-27-20)15-5-6-18-16(9-15)8-13(3)25(18)14(4)26/h5-7,9-10,13H,8H2,1-4H3,(H,21,22,23,24). The molecule has 0 saturated carbocycles. The molecule has 0 radical (unpaired) electrons. The van der Waals surface area contributed by atoms with E-state index in [0.717, 1.165) is 39.9 Å². The highest BCUT2D eigenvalue weighted by Crippen LogP contribution is 2.36. The second-order valence-corrected chi connectivity index (χ2v) is 7.78. The largest absolute Gasteiger partial charge is 0.309 e. The summed E-state index contributed by atoms with van der Waals surface area (Å²) in [5, 5.41) is 5.97. The van der Waals surface area contributed by atoms with Crippen molar-refractivity contribution in [2.45, 2.75) is 40.2 Å². The molecule has 4 rings (SSSR count). The van der Waals surface area contributed by atoms with Gasteiger partial charge in [0.25, 0.3) is 0 Å². The van der Waals surface area contributed by atoms with Gasteiger partial charge in [-0.25, -0.2) is 15.0 Å². The normalized spacial score (nSPS) is 15.7. The van der Waals surface area contributed by atoms with Gasteiger partial charge in [-0.05, 0) is 51.0 Å². The van der Waals surface area contributed by atoms with Gasteiger partial charge in [-0.1, -0.05) is 6.07 Å². The first-order valence-corrected chi connectivity index (χ1v) is 9.76.